The van der Waals surface area contributed by atoms with E-state index in [1.807, 2.05) is 10.8 Å². The van der Waals surface area contributed by atoms with Crippen molar-refractivity contribution in [3.05, 3.63) is 42.5 Å². The number of sulfonamides is 1. The third kappa shape index (κ3) is 2.93. The number of ether oxygens (including phenoxy) is 1. The summed E-state index contributed by atoms with van der Waals surface area (Å²) in [5, 5.41) is 0. The van der Waals surface area contributed by atoms with Gasteiger partial charge in [0, 0.05) is 25.5 Å². The van der Waals surface area contributed by atoms with Crippen molar-refractivity contribution in [2.45, 2.75) is 49.8 Å². The second-order valence-corrected chi connectivity index (χ2v) is 8.31. The highest BCUT2D eigenvalue weighted by molar-refractivity contribution is 7.89. The number of hydrogen-bond donors (Lipinski definition) is 0. The molecule has 0 amide bonds. The maximum Gasteiger partial charge on any atom is 0.243 e. The van der Waals surface area contributed by atoms with Gasteiger partial charge in [-0.25, -0.2) is 13.4 Å². The number of benzene rings is 1. The Morgan fingerprint density at radius 1 is 1.08 bits per heavy atom. The summed E-state index contributed by atoms with van der Waals surface area (Å²) < 4.78 is 35.0. The van der Waals surface area contributed by atoms with Crippen molar-refractivity contribution in [2.24, 2.45) is 0 Å². The van der Waals surface area contributed by atoms with E-state index < -0.39 is 10.0 Å². The van der Waals surface area contributed by atoms with Crippen molar-refractivity contribution in [1.82, 2.24) is 13.9 Å². The zero-order valence-corrected chi connectivity index (χ0v) is 14.3. The van der Waals surface area contributed by atoms with Gasteiger partial charge < -0.3 is 9.30 Å². The molecule has 24 heavy (non-hydrogen) atoms. The predicted octanol–water partition coefficient (Wildman–Crippen LogP) is 2.41. The molecule has 0 spiro atoms. The van der Waals surface area contributed by atoms with Crippen molar-refractivity contribution >= 4 is 10.0 Å². The van der Waals surface area contributed by atoms with Crippen LogP contribution < -0.4 is 4.74 Å². The first-order chi connectivity index (χ1) is 11.6. The molecule has 2 heterocycles. The van der Waals surface area contributed by atoms with Gasteiger partial charge in [0.2, 0.25) is 10.0 Å². The number of aromatic nitrogens is 2. The van der Waals surface area contributed by atoms with E-state index >= 15 is 0 Å². The average Bonchev–Trinajstić information content (AvgIpc) is 3.25. The quantitative estimate of drug-likeness (QED) is 0.852. The van der Waals surface area contributed by atoms with Gasteiger partial charge in [-0.3, -0.25) is 0 Å². The molecule has 1 aliphatic carbocycles. The number of nitrogens with zero attached hydrogens (tertiary/aromatic N) is 3. The van der Waals surface area contributed by atoms with Crippen LogP contribution in [0.4, 0.5) is 0 Å². The summed E-state index contributed by atoms with van der Waals surface area (Å²) in [7, 11) is -3.50. The van der Waals surface area contributed by atoms with Crippen LogP contribution >= 0.6 is 0 Å². The molecular weight excluding hydrogens is 326 g/mol. The maximum atomic E-state index is 12.8. The topological polar surface area (TPSA) is 64.4 Å². The van der Waals surface area contributed by atoms with Gasteiger partial charge in [0.05, 0.1) is 17.5 Å². The van der Waals surface area contributed by atoms with Crippen molar-refractivity contribution in [3.8, 4) is 5.75 Å². The first kappa shape index (κ1) is 15.7. The molecule has 1 aliphatic heterocycles. The van der Waals surface area contributed by atoms with Gasteiger partial charge in [-0.05, 0) is 49.9 Å². The minimum absolute atomic E-state index is 0.272. The fourth-order valence-electron chi connectivity index (χ4n) is 3.39. The molecule has 7 heteroatoms. The molecule has 0 saturated heterocycles. The van der Waals surface area contributed by atoms with Crippen molar-refractivity contribution < 1.29 is 13.2 Å². The fourth-order valence-corrected chi connectivity index (χ4v) is 4.78. The Morgan fingerprint density at radius 3 is 2.58 bits per heavy atom. The molecule has 2 aromatic rings. The molecule has 0 radical (unpaired) electrons. The number of imidazole rings is 1. The maximum absolute atomic E-state index is 12.8. The summed E-state index contributed by atoms with van der Waals surface area (Å²) in [6.07, 6.45) is 8.45. The molecule has 0 atom stereocenters. The van der Waals surface area contributed by atoms with Crippen LogP contribution in [0, 0.1) is 0 Å². The van der Waals surface area contributed by atoms with E-state index in [2.05, 4.69) is 4.98 Å². The highest BCUT2D eigenvalue weighted by Crippen LogP contribution is 2.26. The first-order valence-electron chi connectivity index (χ1n) is 8.40. The Kier molecular flexibility index (Phi) is 4.05. The van der Waals surface area contributed by atoms with Gasteiger partial charge in [-0.2, -0.15) is 4.31 Å². The van der Waals surface area contributed by atoms with Gasteiger partial charge in [0.1, 0.15) is 11.6 Å². The zero-order chi connectivity index (χ0) is 16.6. The van der Waals surface area contributed by atoms with Crippen molar-refractivity contribution in [3.63, 3.8) is 0 Å². The molecule has 6 nitrogen and oxygen atoms in total. The molecule has 4 rings (SSSR count). The summed E-state index contributed by atoms with van der Waals surface area (Å²) >= 11 is 0. The number of fused-ring (bicyclic) bond motifs is 1. The highest BCUT2D eigenvalue weighted by Gasteiger charge is 2.29. The average molecular weight is 347 g/mol. The van der Waals surface area contributed by atoms with Crippen molar-refractivity contribution in [2.75, 3.05) is 6.54 Å². The monoisotopic (exact) mass is 347 g/mol. The summed E-state index contributed by atoms with van der Waals surface area (Å²) in [5.41, 5.74) is 0. The number of hydrogen-bond acceptors (Lipinski definition) is 4. The second kappa shape index (κ2) is 6.22. The first-order valence-corrected chi connectivity index (χ1v) is 9.84. The van der Waals surface area contributed by atoms with Gasteiger partial charge in [-0.1, -0.05) is 0 Å². The lowest BCUT2D eigenvalue weighted by Gasteiger charge is -2.27. The Bertz CT molecular complexity index is 808. The number of rotatable bonds is 4. The summed E-state index contributed by atoms with van der Waals surface area (Å²) in [6.45, 7) is 1.42. The Morgan fingerprint density at radius 2 is 1.83 bits per heavy atom. The molecule has 1 saturated carbocycles. The molecule has 0 bridgehead atoms. The Hall–Kier alpha value is -1.86. The predicted molar refractivity (Wildman–Crippen MR) is 89.1 cm³/mol. The van der Waals surface area contributed by atoms with Crippen LogP contribution in [-0.2, 0) is 23.1 Å². The molecule has 1 aromatic heterocycles. The largest absolute Gasteiger partial charge is 0.490 e. The highest BCUT2D eigenvalue weighted by atomic mass is 32.2. The van der Waals surface area contributed by atoms with E-state index in [0.29, 0.717) is 24.5 Å². The molecule has 0 N–H and O–H groups in total. The summed E-state index contributed by atoms with van der Waals surface area (Å²) in [6, 6.07) is 6.80. The van der Waals surface area contributed by atoms with Gasteiger partial charge >= 0.3 is 0 Å². The molecule has 1 aromatic carbocycles. The minimum Gasteiger partial charge on any atom is -0.490 e. The Labute approximate surface area is 142 Å². The van der Waals surface area contributed by atoms with Crippen LogP contribution in [0.15, 0.2) is 41.6 Å². The second-order valence-electron chi connectivity index (χ2n) is 6.37. The third-order valence-corrected chi connectivity index (χ3v) is 6.64. The molecule has 128 valence electrons. The molecule has 0 unspecified atom stereocenters. The lowest BCUT2D eigenvalue weighted by atomic mass is 10.3. The Balaban J connectivity index is 1.50. The van der Waals surface area contributed by atoms with Crippen LogP contribution in [0.25, 0.3) is 0 Å². The van der Waals surface area contributed by atoms with E-state index in [-0.39, 0.29) is 6.10 Å². The van der Waals surface area contributed by atoms with E-state index in [4.69, 9.17) is 4.74 Å². The lowest BCUT2D eigenvalue weighted by molar-refractivity contribution is 0.210. The van der Waals surface area contributed by atoms with Crippen LogP contribution in [0.3, 0.4) is 0 Å². The normalized spacial score (nSPS) is 19.3. The fraction of sp³-hybridized carbons (Fsp3) is 0.471. The smallest absolute Gasteiger partial charge is 0.243 e. The lowest BCUT2D eigenvalue weighted by Crippen LogP contribution is -2.38. The standard InChI is InChI=1S/C17H21N3O3S/c21-24(22,20-12-11-19-10-9-18-17(19)13-20)16-7-5-15(6-8-16)23-14-3-1-2-4-14/h5-10,14H,1-4,11-13H2. The minimum atomic E-state index is -3.50. The van der Waals surface area contributed by atoms with E-state index in [9.17, 15) is 8.42 Å². The third-order valence-electron chi connectivity index (χ3n) is 4.78. The van der Waals surface area contributed by atoms with Gasteiger partial charge in [0.25, 0.3) is 0 Å². The zero-order valence-electron chi connectivity index (χ0n) is 13.5. The molecule has 1 fully saturated rings. The van der Waals surface area contributed by atoms with E-state index in [0.717, 1.165) is 24.4 Å². The van der Waals surface area contributed by atoms with Crippen LogP contribution in [0.2, 0.25) is 0 Å². The molecular formula is C17H21N3O3S. The van der Waals surface area contributed by atoms with Crippen LogP contribution in [0.5, 0.6) is 5.75 Å². The summed E-state index contributed by atoms with van der Waals surface area (Å²) in [4.78, 5) is 4.53. The van der Waals surface area contributed by atoms with Crippen molar-refractivity contribution in [1.29, 1.82) is 0 Å². The van der Waals surface area contributed by atoms with E-state index in [1.165, 1.54) is 17.1 Å². The SMILES string of the molecule is O=S(=O)(c1ccc(OC2CCCC2)cc1)N1CCn2ccnc2C1. The van der Waals surface area contributed by atoms with Crippen LogP contribution in [0.1, 0.15) is 31.5 Å². The molecule has 2 aliphatic rings. The summed E-state index contributed by atoms with van der Waals surface area (Å²) in [5.74, 6) is 1.53. The van der Waals surface area contributed by atoms with Gasteiger partial charge in [0.15, 0.2) is 0 Å². The van der Waals surface area contributed by atoms with Crippen LogP contribution in [-0.4, -0.2) is 34.9 Å². The van der Waals surface area contributed by atoms with Gasteiger partial charge in [-0.15, -0.1) is 0 Å². The van der Waals surface area contributed by atoms with E-state index in [1.54, 1.807) is 30.5 Å².